The van der Waals surface area contributed by atoms with Gasteiger partial charge >= 0.3 is 0 Å². The third-order valence-corrected chi connectivity index (χ3v) is 4.36. The van der Waals surface area contributed by atoms with Crippen molar-refractivity contribution in [1.29, 1.82) is 0 Å². The third-order valence-electron chi connectivity index (χ3n) is 3.15. The number of carbonyl (C=O) groups excluding carboxylic acids is 1. The van der Waals surface area contributed by atoms with E-state index in [9.17, 15) is 9.18 Å². The number of carbonyl (C=O) groups is 1. The average Bonchev–Trinajstić information content (AvgIpc) is 3.18. The first-order valence-corrected chi connectivity index (χ1v) is 7.69. The van der Waals surface area contributed by atoms with Crippen molar-refractivity contribution in [1.82, 2.24) is 9.55 Å². The molecule has 0 atom stereocenters. The summed E-state index contributed by atoms with van der Waals surface area (Å²) in [5.74, 6) is -0.617. The molecule has 22 heavy (non-hydrogen) atoms. The number of hydrogen-bond donors (Lipinski definition) is 1. The van der Waals surface area contributed by atoms with Crippen LogP contribution in [-0.4, -0.2) is 15.5 Å². The Bertz CT molecular complexity index is 778. The molecule has 0 fully saturated rings. The van der Waals surface area contributed by atoms with E-state index in [-0.39, 0.29) is 11.7 Å². The summed E-state index contributed by atoms with van der Waals surface area (Å²) in [5, 5.41) is 3.50. The van der Waals surface area contributed by atoms with Crippen LogP contribution in [0.2, 0.25) is 0 Å². The van der Waals surface area contributed by atoms with Crippen molar-refractivity contribution in [3.05, 3.63) is 65.2 Å². The van der Waals surface area contributed by atoms with Crippen LogP contribution in [0.5, 0.6) is 0 Å². The molecule has 112 valence electrons. The van der Waals surface area contributed by atoms with Crippen LogP contribution in [0.1, 0.15) is 22.3 Å². The minimum atomic E-state index is -0.337. The highest BCUT2D eigenvalue weighted by atomic mass is 32.1. The molecule has 0 unspecified atom stereocenters. The first kappa shape index (κ1) is 14.5. The molecular formula is C16H14FN3OS. The molecular weight excluding hydrogens is 301 g/mol. The highest BCUT2D eigenvalue weighted by Gasteiger charge is 2.18. The largest absolute Gasteiger partial charge is 0.321 e. The van der Waals surface area contributed by atoms with E-state index in [1.165, 1.54) is 35.6 Å². The molecule has 4 nitrogen and oxygen atoms in total. The first-order valence-electron chi connectivity index (χ1n) is 6.87. The van der Waals surface area contributed by atoms with Crippen molar-refractivity contribution in [2.24, 2.45) is 0 Å². The molecule has 0 radical (unpaired) electrons. The van der Waals surface area contributed by atoms with Crippen molar-refractivity contribution < 1.29 is 9.18 Å². The normalized spacial score (nSPS) is 10.6. The molecule has 0 aliphatic heterocycles. The van der Waals surface area contributed by atoms with Gasteiger partial charge in [0.2, 0.25) is 0 Å². The lowest BCUT2D eigenvalue weighted by atomic mass is 10.2. The Balaban J connectivity index is 1.87. The van der Waals surface area contributed by atoms with Crippen LogP contribution >= 0.6 is 11.3 Å². The summed E-state index contributed by atoms with van der Waals surface area (Å²) in [7, 11) is 0. The summed E-state index contributed by atoms with van der Waals surface area (Å²) in [6, 6.07) is 9.48. The molecule has 0 aliphatic rings. The molecule has 2 aromatic heterocycles. The zero-order valence-electron chi connectivity index (χ0n) is 11.9. The second-order valence-electron chi connectivity index (χ2n) is 4.67. The molecule has 1 aromatic carbocycles. The monoisotopic (exact) mass is 315 g/mol. The maximum Gasteiger partial charge on any atom is 0.275 e. The highest BCUT2D eigenvalue weighted by Crippen LogP contribution is 2.23. The van der Waals surface area contributed by atoms with Crippen molar-refractivity contribution in [2.75, 3.05) is 5.32 Å². The molecule has 6 heteroatoms. The van der Waals surface area contributed by atoms with Gasteiger partial charge in [-0.1, -0.05) is 6.92 Å². The van der Waals surface area contributed by atoms with Gasteiger partial charge in [-0.05, 0) is 42.8 Å². The summed E-state index contributed by atoms with van der Waals surface area (Å²) in [4.78, 5) is 17.7. The van der Waals surface area contributed by atoms with E-state index in [2.05, 4.69) is 10.3 Å². The Morgan fingerprint density at radius 1 is 1.27 bits per heavy atom. The zero-order valence-corrected chi connectivity index (χ0v) is 12.7. The Morgan fingerprint density at radius 3 is 2.59 bits per heavy atom. The fourth-order valence-corrected chi connectivity index (χ4v) is 3.02. The standard InChI is InChI=1S/C16H14FN3OS/c1-2-13-14(19-16(22-13)20-9-3-4-10-20)15(21)18-12-7-5-11(17)6-8-12/h3-10H,2H2,1H3,(H,18,21). The van der Waals surface area contributed by atoms with Gasteiger partial charge in [-0.15, -0.1) is 11.3 Å². The predicted molar refractivity (Wildman–Crippen MR) is 85.2 cm³/mol. The van der Waals surface area contributed by atoms with Gasteiger partial charge in [0.05, 0.1) is 0 Å². The number of anilines is 1. The van der Waals surface area contributed by atoms with Gasteiger partial charge in [0.15, 0.2) is 5.13 Å². The maximum atomic E-state index is 12.9. The lowest BCUT2D eigenvalue weighted by Gasteiger charge is -2.04. The summed E-state index contributed by atoms with van der Waals surface area (Å²) in [5.41, 5.74) is 0.962. The van der Waals surface area contributed by atoms with Crippen LogP contribution in [0.4, 0.5) is 10.1 Å². The number of hydrogen-bond acceptors (Lipinski definition) is 3. The van der Waals surface area contributed by atoms with Gasteiger partial charge in [0.25, 0.3) is 5.91 Å². The van der Waals surface area contributed by atoms with Crippen molar-refractivity contribution in [3.8, 4) is 5.13 Å². The molecule has 2 heterocycles. The van der Waals surface area contributed by atoms with Gasteiger partial charge in [0, 0.05) is 23.0 Å². The number of halogens is 1. The predicted octanol–water partition coefficient (Wildman–Crippen LogP) is 3.89. The van der Waals surface area contributed by atoms with E-state index in [1.807, 2.05) is 36.0 Å². The van der Waals surface area contributed by atoms with Gasteiger partial charge in [-0.25, -0.2) is 9.37 Å². The number of aryl methyl sites for hydroxylation is 1. The fourth-order valence-electron chi connectivity index (χ4n) is 2.05. The fraction of sp³-hybridized carbons (Fsp3) is 0.125. The van der Waals surface area contributed by atoms with E-state index in [0.717, 1.165) is 16.4 Å². The third kappa shape index (κ3) is 2.92. The summed E-state index contributed by atoms with van der Waals surface area (Å²) < 4.78 is 14.8. The van der Waals surface area contributed by atoms with Gasteiger partial charge in [-0.2, -0.15) is 0 Å². The van der Waals surface area contributed by atoms with Crippen LogP contribution in [0.15, 0.2) is 48.8 Å². The van der Waals surface area contributed by atoms with E-state index >= 15 is 0 Å². The minimum Gasteiger partial charge on any atom is -0.321 e. The van der Waals surface area contributed by atoms with Crippen molar-refractivity contribution >= 4 is 22.9 Å². The molecule has 3 rings (SSSR count). The molecule has 1 amide bonds. The smallest absolute Gasteiger partial charge is 0.275 e. The zero-order chi connectivity index (χ0) is 15.5. The quantitative estimate of drug-likeness (QED) is 0.794. The lowest BCUT2D eigenvalue weighted by molar-refractivity contribution is 0.102. The van der Waals surface area contributed by atoms with Gasteiger partial charge in [-0.3, -0.25) is 4.79 Å². The van der Waals surface area contributed by atoms with Crippen LogP contribution in [0.3, 0.4) is 0 Å². The molecule has 0 saturated heterocycles. The summed E-state index contributed by atoms with van der Waals surface area (Å²) >= 11 is 1.49. The Morgan fingerprint density at radius 2 is 1.95 bits per heavy atom. The van der Waals surface area contributed by atoms with E-state index in [0.29, 0.717) is 11.4 Å². The maximum absolute atomic E-state index is 12.9. The Kier molecular flexibility index (Phi) is 4.02. The first-order chi connectivity index (χ1) is 10.7. The number of amides is 1. The molecule has 0 spiro atoms. The summed E-state index contributed by atoms with van der Waals surface area (Å²) in [6.07, 6.45) is 4.50. The van der Waals surface area contributed by atoms with Gasteiger partial charge in [0.1, 0.15) is 11.5 Å². The molecule has 3 aromatic rings. The number of thiazole rings is 1. The Hall–Kier alpha value is -2.47. The average molecular weight is 315 g/mol. The van der Waals surface area contributed by atoms with Crippen LogP contribution in [0.25, 0.3) is 5.13 Å². The van der Waals surface area contributed by atoms with E-state index in [4.69, 9.17) is 0 Å². The molecule has 0 aliphatic carbocycles. The second-order valence-corrected chi connectivity index (χ2v) is 5.74. The topological polar surface area (TPSA) is 46.9 Å². The lowest BCUT2D eigenvalue weighted by Crippen LogP contribution is -2.14. The number of nitrogens with one attached hydrogen (secondary N) is 1. The molecule has 0 saturated carbocycles. The number of nitrogens with zero attached hydrogens (tertiary/aromatic N) is 2. The minimum absolute atomic E-state index is 0.280. The Labute approximate surface area is 131 Å². The van der Waals surface area contributed by atoms with Crippen molar-refractivity contribution in [2.45, 2.75) is 13.3 Å². The second kappa shape index (κ2) is 6.11. The summed E-state index contributed by atoms with van der Waals surface area (Å²) in [6.45, 7) is 1.99. The van der Waals surface area contributed by atoms with Crippen LogP contribution in [0, 0.1) is 5.82 Å². The number of benzene rings is 1. The van der Waals surface area contributed by atoms with Crippen LogP contribution < -0.4 is 5.32 Å². The molecule has 0 bridgehead atoms. The highest BCUT2D eigenvalue weighted by molar-refractivity contribution is 7.14. The SMILES string of the molecule is CCc1sc(-n2cccc2)nc1C(=O)Nc1ccc(F)cc1. The number of aromatic nitrogens is 2. The number of rotatable bonds is 4. The van der Waals surface area contributed by atoms with Gasteiger partial charge < -0.3 is 9.88 Å². The van der Waals surface area contributed by atoms with E-state index in [1.54, 1.807) is 0 Å². The van der Waals surface area contributed by atoms with Crippen LogP contribution in [-0.2, 0) is 6.42 Å². The van der Waals surface area contributed by atoms with Crippen molar-refractivity contribution in [3.63, 3.8) is 0 Å². The van der Waals surface area contributed by atoms with E-state index < -0.39 is 0 Å². The molecule has 1 N–H and O–H groups in total.